The number of aromatic nitrogens is 3. The van der Waals surface area contributed by atoms with Crippen molar-refractivity contribution < 1.29 is 14.7 Å². The number of nitrogens with one attached hydrogen (secondary N) is 2. The lowest BCUT2D eigenvalue weighted by atomic mass is 9.73. The van der Waals surface area contributed by atoms with Gasteiger partial charge in [-0.05, 0) is 60.9 Å². The summed E-state index contributed by atoms with van der Waals surface area (Å²) in [6.07, 6.45) is 10.5. The fourth-order valence-electron chi connectivity index (χ4n) is 5.32. The van der Waals surface area contributed by atoms with Gasteiger partial charge in [0.05, 0.1) is 29.5 Å². The zero-order chi connectivity index (χ0) is 26.0. The van der Waals surface area contributed by atoms with Crippen LogP contribution in [0.15, 0.2) is 18.3 Å². The van der Waals surface area contributed by atoms with Gasteiger partial charge in [0.25, 0.3) is 0 Å². The Morgan fingerprint density at radius 2 is 1.77 bits per heavy atom. The second-order valence-corrected chi connectivity index (χ2v) is 8.84. The van der Waals surface area contributed by atoms with Crippen molar-refractivity contribution in [3.8, 4) is 11.4 Å². The predicted octanol–water partition coefficient (Wildman–Crippen LogP) is 5.35. The normalized spacial score (nSPS) is 12.3. The van der Waals surface area contributed by atoms with Crippen LogP contribution < -0.4 is 4.90 Å². The third kappa shape index (κ3) is 5.50. The maximum atomic E-state index is 12.5. The number of hydrogen-bond donors (Lipinski definition) is 3. The standard InChI is InChI=1S/C25H32N4O2.C2H6.CH4O/c1-4-9-25(16-31,10-5-2)20-14-21-19(13-22(20)29(3)11-12-30)18-8-6-7-17-15-26-28-23(17)24(18)27-21;2*1-2/h12-16,27H,4-11H2,1-3H3,(H,26,28);1-2H3;2H,1H3. The number of hydrogen-bond acceptors (Lipinski definition) is 5. The molecule has 0 aliphatic heterocycles. The van der Waals surface area contributed by atoms with Crippen LogP contribution in [0.2, 0.25) is 0 Å². The number of carbonyl (C=O) groups excluding carboxylic acids is 2. The molecule has 1 aliphatic carbocycles. The van der Waals surface area contributed by atoms with E-state index in [1.165, 1.54) is 16.5 Å². The number of rotatable bonds is 9. The van der Waals surface area contributed by atoms with Gasteiger partial charge in [0.15, 0.2) is 0 Å². The molecule has 0 fully saturated rings. The number of aldehydes is 2. The highest BCUT2D eigenvalue weighted by Crippen LogP contribution is 2.43. The van der Waals surface area contributed by atoms with Crippen molar-refractivity contribution in [1.82, 2.24) is 15.2 Å². The minimum atomic E-state index is -0.550. The van der Waals surface area contributed by atoms with E-state index >= 15 is 0 Å². The zero-order valence-corrected chi connectivity index (χ0v) is 22.2. The number of aliphatic hydroxyl groups excluding tert-OH is 1. The molecular formula is C28H42N4O3. The Morgan fingerprint density at radius 1 is 1.09 bits per heavy atom. The van der Waals surface area contributed by atoms with Crippen LogP contribution >= 0.6 is 0 Å². The van der Waals surface area contributed by atoms with Crippen molar-refractivity contribution in [3.05, 3.63) is 35.0 Å². The molecular weight excluding hydrogens is 440 g/mol. The van der Waals surface area contributed by atoms with Gasteiger partial charge in [0, 0.05) is 30.7 Å². The van der Waals surface area contributed by atoms with Gasteiger partial charge in [-0.15, -0.1) is 0 Å². The van der Waals surface area contributed by atoms with Crippen molar-refractivity contribution in [2.75, 3.05) is 25.6 Å². The summed E-state index contributed by atoms with van der Waals surface area (Å²) in [5.41, 5.74) is 7.18. The minimum Gasteiger partial charge on any atom is -0.400 e. The first-order valence-electron chi connectivity index (χ1n) is 12.9. The van der Waals surface area contributed by atoms with Crippen LogP contribution in [-0.4, -0.2) is 53.6 Å². The van der Waals surface area contributed by atoms with E-state index in [4.69, 9.17) is 5.11 Å². The molecule has 0 amide bonds. The van der Waals surface area contributed by atoms with E-state index in [0.717, 1.165) is 92.8 Å². The summed E-state index contributed by atoms with van der Waals surface area (Å²) in [6, 6.07) is 4.35. The smallest absolute Gasteiger partial charge is 0.139 e. The third-order valence-corrected chi connectivity index (χ3v) is 6.78. The number of aliphatic hydroxyl groups is 1. The Balaban J connectivity index is 0.00000103. The average Bonchev–Trinajstić information content (AvgIpc) is 3.46. The monoisotopic (exact) mass is 482 g/mol. The average molecular weight is 483 g/mol. The molecule has 3 aromatic rings. The number of H-pyrrole nitrogens is 2. The summed E-state index contributed by atoms with van der Waals surface area (Å²) >= 11 is 0. The first kappa shape index (κ1) is 28.3. The zero-order valence-electron chi connectivity index (χ0n) is 22.2. The van der Waals surface area contributed by atoms with Crippen molar-refractivity contribution >= 4 is 29.2 Å². The molecule has 0 spiro atoms. The van der Waals surface area contributed by atoms with E-state index < -0.39 is 5.41 Å². The molecule has 2 aromatic heterocycles. The highest BCUT2D eigenvalue weighted by atomic mass is 16.2. The summed E-state index contributed by atoms with van der Waals surface area (Å²) in [6.45, 7) is 8.54. The molecule has 2 heterocycles. The van der Waals surface area contributed by atoms with Crippen LogP contribution in [0.25, 0.3) is 22.3 Å². The minimum absolute atomic E-state index is 0.295. The van der Waals surface area contributed by atoms with Crippen LogP contribution in [0.1, 0.15) is 76.5 Å². The van der Waals surface area contributed by atoms with Crippen LogP contribution in [-0.2, 0) is 27.8 Å². The quantitative estimate of drug-likeness (QED) is 0.357. The summed E-state index contributed by atoms with van der Waals surface area (Å²) in [4.78, 5) is 29.5. The molecule has 0 unspecified atom stereocenters. The first-order chi connectivity index (χ1) is 17.1. The Bertz CT molecular complexity index is 1090. The van der Waals surface area contributed by atoms with Crippen molar-refractivity contribution in [2.45, 2.75) is 78.1 Å². The van der Waals surface area contributed by atoms with Crippen LogP contribution in [0.5, 0.6) is 0 Å². The van der Waals surface area contributed by atoms with E-state index in [-0.39, 0.29) is 0 Å². The topological polar surface area (TPSA) is 102 Å². The largest absolute Gasteiger partial charge is 0.400 e. The van der Waals surface area contributed by atoms with Crippen LogP contribution in [0, 0.1) is 0 Å². The molecule has 0 atom stereocenters. The summed E-state index contributed by atoms with van der Waals surface area (Å²) in [5, 5.41) is 15.6. The molecule has 1 aliphatic rings. The lowest BCUT2D eigenvalue weighted by Crippen LogP contribution is -2.32. The SMILES string of the molecule is CC.CCCC(C=O)(CCC)c1cc2[nH]c3c(c2cc1N(C)CC=O)CCCc1cn[nH]c1-3.CO. The van der Waals surface area contributed by atoms with Crippen LogP contribution in [0.3, 0.4) is 0 Å². The Morgan fingerprint density at radius 3 is 2.37 bits per heavy atom. The maximum absolute atomic E-state index is 12.5. The van der Waals surface area contributed by atoms with Gasteiger partial charge in [-0.3, -0.25) is 5.10 Å². The first-order valence-corrected chi connectivity index (χ1v) is 12.9. The number of aromatic amines is 2. The molecule has 192 valence electrons. The van der Waals surface area contributed by atoms with E-state index in [1.807, 2.05) is 32.0 Å². The van der Waals surface area contributed by atoms with Gasteiger partial charge in [-0.1, -0.05) is 40.5 Å². The molecule has 4 rings (SSSR count). The molecule has 0 bridgehead atoms. The number of benzene rings is 1. The van der Waals surface area contributed by atoms with Crippen molar-refractivity contribution in [3.63, 3.8) is 0 Å². The second kappa shape index (κ2) is 13.2. The van der Waals surface area contributed by atoms with Gasteiger partial charge in [0.1, 0.15) is 12.6 Å². The molecule has 7 heteroatoms. The van der Waals surface area contributed by atoms with E-state index in [0.29, 0.717) is 6.54 Å². The molecule has 0 saturated heterocycles. The van der Waals surface area contributed by atoms with Gasteiger partial charge in [-0.2, -0.15) is 5.10 Å². The molecule has 7 nitrogen and oxygen atoms in total. The van der Waals surface area contributed by atoms with Crippen molar-refractivity contribution in [1.29, 1.82) is 0 Å². The number of nitrogens with zero attached hydrogens (tertiary/aromatic N) is 2. The number of fused-ring (bicyclic) bond motifs is 5. The summed E-state index contributed by atoms with van der Waals surface area (Å²) < 4.78 is 0. The lowest BCUT2D eigenvalue weighted by Gasteiger charge is -2.33. The van der Waals surface area contributed by atoms with Crippen molar-refractivity contribution in [2.24, 2.45) is 0 Å². The Kier molecular flexibility index (Phi) is 10.7. The van der Waals surface area contributed by atoms with E-state index in [2.05, 4.69) is 41.2 Å². The number of carbonyl (C=O) groups is 2. The molecule has 3 N–H and O–H groups in total. The fourth-order valence-corrected chi connectivity index (χ4v) is 5.32. The molecule has 0 radical (unpaired) electrons. The van der Waals surface area contributed by atoms with E-state index in [1.54, 1.807) is 0 Å². The predicted molar refractivity (Wildman–Crippen MR) is 144 cm³/mol. The van der Waals surface area contributed by atoms with Gasteiger partial charge >= 0.3 is 0 Å². The lowest BCUT2D eigenvalue weighted by molar-refractivity contribution is -0.113. The second-order valence-electron chi connectivity index (χ2n) is 8.84. The summed E-state index contributed by atoms with van der Waals surface area (Å²) in [5.74, 6) is 0. The number of likely N-dealkylation sites (N-methyl/N-ethyl adjacent to an activating group) is 1. The number of aryl methyl sites for hydroxylation is 2. The summed E-state index contributed by atoms with van der Waals surface area (Å²) in [7, 11) is 2.94. The maximum Gasteiger partial charge on any atom is 0.139 e. The molecule has 0 saturated carbocycles. The number of anilines is 1. The van der Waals surface area contributed by atoms with E-state index in [9.17, 15) is 9.59 Å². The van der Waals surface area contributed by atoms with Crippen LogP contribution in [0.4, 0.5) is 5.69 Å². The molecule has 35 heavy (non-hydrogen) atoms. The van der Waals surface area contributed by atoms with Gasteiger partial charge in [-0.25, -0.2) is 0 Å². The fraction of sp³-hybridized carbons (Fsp3) is 0.536. The van der Waals surface area contributed by atoms with Gasteiger partial charge in [0.2, 0.25) is 0 Å². The Hall–Kier alpha value is -2.93. The third-order valence-electron chi connectivity index (χ3n) is 6.78. The van der Waals surface area contributed by atoms with Gasteiger partial charge < -0.3 is 24.6 Å². The highest BCUT2D eigenvalue weighted by molar-refractivity contribution is 5.95. The molecule has 1 aromatic carbocycles. The Labute approximate surface area is 209 Å². The highest BCUT2D eigenvalue weighted by Gasteiger charge is 2.34.